The molecule has 1 amide bonds. The number of nitrogens with zero attached hydrogens (tertiary/aromatic N) is 3. The highest BCUT2D eigenvalue weighted by molar-refractivity contribution is 5.92. The third kappa shape index (κ3) is 3.17. The van der Waals surface area contributed by atoms with Crippen LogP contribution in [0.3, 0.4) is 0 Å². The van der Waals surface area contributed by atoms with Gasteiger partial charge in [-0.05, 0) is 26.0 Å². The number of rotatable bonds is 4. The average molecular weight is 260 g/mol. The van der Waals surface area contributed by atoms with Gasteiger partial charge < -0.3 is 10.4 Å². The number of benzene rings is 1. The van der Waals surface area contributed by atoms with E-state index < -0.39 is 5.54 Å². The van der Waals surface area contributed by atoms with E-state index in [2.05, 4.69) is 15.6 Å². The number of carbonyl (C=O) groups excluding carboxylic acids is 1. The minimum Gasteiger partial charge on any atom is -0.394 e. The normalized spacial score (nSPS) is 11.3. The summed E-state index contributed by atoms with van der Waals surface area (Å²) in [6.45, 7) is 3.31. The highest BCUT2D eigenvalue weighted by Crippen LogP contribution is 2.07. The Morgan fingerprint density at radius 1 is 1.37 bits per heavy atom. The summed E-state index contributed by atoms with van der Waals surface area (Å²) in [4.78, 5) is 11.9. The van der Waals surface area contributed by atoms with E-state index in [1.54, 1.807) is 20.0 Å². The van der Waals surface area contributed by atoms with Crippen molar-refractivity contribution in [3.05, 3.63) is 42.2 Å². The Morgan fingerprint density at radius 3 is 2.68 bits per heavy atom. The maximum absolute atomic E-state index is 11.9. The molecule has 2 aromatic rings. The van der Waals surface area contributed by atoms with Crippen molar-refractivity contribution in [2.75, 3.05) is 6.61 Å². The van der Waals surface area contributed by atoms with Gasteiger partial charge >= 0.3 is 0 Å². The molecule has 0 aliphatic carbocycles. The highest BCUT2D eigenvalue weighted by atomic mass is 16.3. The van der Waals surface area contributed by atoms with Crippen LogP contribution in [0.15, 0.2) is 36.5 Å². The molecule has 2 rings (SSSR count). The molecule has 6 heteroatoms. The van der Waals surface area contributed by atoms with Crippen LogP contribution in [0.5, 0.6) is 0 Å². The number of aliphatic hydroxyl groups is 1. The van der Waals surface area contributed by atoms with Gasteiger partial charge in [0.15, 0.2) is 5.69 Å². The standard InChI is InChI=1S/C13H16N4O2/c1-13(2,9-18)14-12(19)11-8-17(16-15-11)10-6-4-3-5-7-10/h3-8,18H,9H2,1-2H3,(H,14,19). The van der Waals surface area contributed by atoms with E-state index in [9.17, 15) is 4.79 Å². The molecular weight excluding hydrogens is 244 g/mol. The third-order valence-corrected chi connectivity index (χ3v) is 2.59. The van der Waals surface area contributed by atoms with Crippen molar-refractivity contribution in [3.63, 3.8) is 0 Å². The van der Waals surface area contributed by atoms with Crippen molar-refractivity contribution in [3.8, 4) is 5.69 Å². The Labute approximate surface area is 111 Å². The van der Waals surface area contributed by atoms with Gasteiger partial charge in [-0.25, -0.2) is 4.68 Å². The van der Waals surface area contributed by atoms with Gasteiger partial charge in [0.2, 0.25) is 0 Å². The lowest BCUT2D eigenvalue weighted by Crippen LogP contribution is -2.46. The van der Waals surface area contributed by atoms with Crippen LogP contribution in [-0.4, -0.2) is 38.2 Å². The van der Waals surface area contributed by atoms with Gasteiger partial charge in [-0.2, -0.15) is 0 Å². The summed E-state index contributed by atoms with van der Waals surface area (Å²) < 4.78 is 1.53. The fraction of sp³-hybridized carbons (Fsp3) is 0.308. The van der Waals surface area contributed by atoms with Crippen LogP contribution in [0.2, 0.25) is 0 Å². The number of amides is 1. The first-order valence-corrected chi connectivity index (χ1v) is 5.93. The predicted octanol–water partition coefficient (Wildman–Crippen LogP) is 0.768. The fourth-order valence-corrected chi connectivity index (χ4v) is 1.49. The number of aromatic nitrogens is 3. The number of carbonyl (C=O) groups is 1. The third-order valence-electron chi connectivity index (χ3n) is 2.59. The Kier molecular flexibility index (Phi) is 3.62. The van der Waals surface area contributed by atoms with Gasteiger partial charge in [0.25, 0.3) is 5.91 Å². The van der Waals surface area contributed by atoms with Crippen LogP contribution in [0.4, 0.5) is 0 Å². The molecule has 0 bridgehead atoms. The zero-order valence-corrected chi connectivity index (χ0v) is 10.9. The SMILES string of the molecule is CC(C)(CO)NC(=O)c1cn(-c2ccccc2)nn1. The minimum absolute atomic E-state index is 0.147. The molecule has 0 radical (unpaired) electrons. The monoisotopic (exact) mass is 260 g/mol. The molecule has 0 aliphatic heterocycles. The van der Waals surface area contributed by atoms with Crippen molar-refractivity contribution < 1.29 is 9.90 Å². The largest absolute Gasteiger partial charge is 0.394 e. The van der Waals surface area contributed by atoms with Gasteiger partial charge in [0.05, 0.1) is 24.0 Å². The number of hydrogen-bond acceptors (Lipinski definition) is 4. The first-order chi connectivity index (χ1) is 9.02. The molecule has 0 atom stereocenters. The molecule has 2 N–H and O–H groups in total. The van der Waals surface area contributed by atoms with Crippen molar-refractivity contribution >= 4 is 5.91 Å². The lowest BCUT2D eigenvalue weighted by molar-refractivity contribution is 0.0864. The minimum atomic E-state index is -0.687. The summed E-state index contributed by atoms with van der Waals surface area (Å²) in [5, 5.41) is 19.5. The van der Waals surface area contributed by atoms with Gasteiger partial charge in [-0.15, -0.1) is 5.10 Å². The Balaban J connectivity index is 2.16. The van der Waals surface area contributed by atoms with Crippen molar-refractivity contribution in [2.45, 2.75) is 19.4 Å². The molecule has 1 aromatic carbocycles. The molecule has 0 saturated carbocycles. The zero-order chi connectivity index (χ0) is 13.9. The van der Waals surface area contributed by atoms with E-state index in [-0.39, 0.29) is 18.2 Å². The van der Waals surface area contributed by atoms with E-state index in [0.717, 1.165) is 5.69 Å². The molecule has 100 valence electrons. The van der Waals surface area contributed by atoms with E-state index >= 15 is 0 Å². The molecule has 6 nitrogen and oxygen atoms in total. The smallest absolute Gasteiger partial charge is 0.273 e. The molecule has 1 aromatic heterocycles. The summed E-state index contributed by atoms with van der Waals surface area (Å²) in [7, 11) is 0. The Bertz CT molecular complexity index is 563. The lowest BCUT2D eigenvalue weighted by atomic mass is 10.1. The Morgan fingerprint density at radius 2 is 2.05 bits per heavy atom. The van der Waals surface area contributed by atoms with Gasteiger partial charge in [0, 0.05) is 0 Å². The summed E-state index contributed by atoms with van der Waals surface area (Å²) in [5.74, 6) is -0.360. The second-order valence-electron chi connectivity index (χ2n) is 4.88. The first-order valence-electron chi connectivity index (χ1n) is 5.93. The predicted molar refractivity (Wildman–Crippen MR) is 70.0 cm³/mol. The van der Waals surface area contributed by atoms with Crippen LogP contribution >= 0.6 is 0 Å². The molecule has 19 heavy (non-hydrogen) atoms. The molecule has 0 aliphatic rings. The van der Waals surface area contributed by atoms with Gasteiger partial charge in [-0.1, -0.05) is 23.4 Å². The van der Waals surface area contributed by atoms with Crippen LogP contribution < -0.4 is 5.32 Å². The first kappa shape index (κ1) is 13.2. The summed E-state index contributed by atoms with van der Waals surface area (Å²) in [6, 6.07) is 9.40. The maximum atomic E-state index is 11.9. The van der Waals surface area contributed by atoms with E-state index in [4.69, 9.17) is 5.11 Å². The van der Waals surface area contributed by atoms with Gasteiger partial charge in [-0.3, -0.25) is 4.79 Å². The van der Waals surface area contributed by atoms with Crippen LogP contribution in [0.1, 0.15) is 24.3 Å². The van der Waals surface area contributed by atoms with Crippen LogP contribution in [0.25, 0.3) is 5.69 Å². The summed E-state index contributed by atoms with van der Waals surface area (Å²) in [5.41, 5.74) is 0.356. The molecule has 0 saturated heterocycles. The number of nitrogens with one attached hydrogen (secondary N) is 1. The van der Waals surface area contributed by atoms with Crippen LogP contribution in [-0.2, 0) is 0 Å². The molecule has 0 unspecified atom stereocenters. The summed E-state index contributed by atoms with van der Waals surface area (Å²) >= 11 is 0. The topological polar surface area (TPSA) is 80.0 Å². The number of para-hydroxylation sites is 1. The van der Waals surface area contributed by atoms with Crippen molar-refractivity contribution in [1.82, 2.24) is 20.3 Å². The second-order valence-corrected chi connectivity index (χ2v) is 4.88. The Hall–Kier alpha value is -2.21. The lowest BCUT2D eigenvalue weighted by Gasteiger charge is -2.22. The zero-order valence-electron chi connectivity index (χ0n) is 10.9. The maximum Gasteiger partial charge on any atom is 0.273 e. The molecule has 0 fully saturated rings. The summed E-state index contributed by atoms with van der Waals surface area (Å²) in [6.07, 6.45) is 1.55. The second kappa shape index (κ2) is 5.19. The van der Waals surface area contributed by atoms with E-state index in [0.29, 0.717) is 0 Å². The van der Waals surface area contributed by atoms with Crippen LogP contribution in [0, 0.1) is 0 Å². The van der Waals surface area contributed by atoms with Gasteiger partial charge in [0.1, 0.15) is 0 Å². The van der Waals surface area contributed by atoms with Crippen molar-refractivity contribution in [2.24, 2.45) is 0 Å². The van der Waals surface area contributed by atoms with Crippen molar-refractivity contribution in [1.29, 1.82) is 0 Å². The number of hydrogen-bond donors (Lipinski definition) is 2. The fourth-order valence-electron chi connectivity index (χ4n) is 1.49. The highest BCUT2D eigenvalue weighted by Gasteiger charge is 2.21. The van der Waals surface area contributed by atoms with E-state index in [1.807, 2.05) is 30.3 Å². The average Bonchev–Trinajstić information content (AvgIpc) is 2.89. The number of aliphatic hydroxyl groups excluding tert-OH is 1. The quantitative estimate of drug-likeness (QED) is 0.851. The molecule has 0 spiro atoms. The molecular formula is C13H16N4O2. The molecule has 1 heterocycles. The van der Waals surface area contributed by atoms with E-state index in [1.165, 1.54) is 4.68 Å².